The van der Waals surface area contributed by atoms with E-state index in [0.29, 0.717) is 4.47 Å². The van der Waals surface area contributed by atoms with E-state index in [0.717, 1.165) is 6.07 Å². The van der Waals surface area contributed by atoms with Gasteiger partial charge in [-0.2, -0.15) is 0 Å². The number of hydrogen-bond acceptors (Lipinski definition) is 3. The first kappa shape index (κ1) is 14.6. The van der Waals surface area contributed by atoms with Gasteiger partial charge in [0.05, 0.1) is 12.2 Å². The number of methoxy groups -OCH3 is 1. The lowest BCUT2D eigenvalue weighted by molar-refractivity contribution is -0.140. The van der Waals surface area contributed by atoms with Crippen molar-refractivity contribution in [1.29, 1.82) is 0 Å². The Kier molecular flexibility index (Phi) is 5.24. The number of ether oxygens (including phenoxy) is 1. The van der Waals surface area contributed by atoms with E-state index < -0.39 is 23.7 Å². The van der Waals surface area contributed by atoms with Gasteiger partial charge < -0.3 is 15.2 Å². The van der Waals surface area contributed by atoms with Crippen molar-refractivity contribution in [2.24, 2.45) is 0 Å². The highest BCUT2D eigenvalue weighted by atomic mass is 79.9. The fourth-order valence-corrected chi connectivity index (χ4v) is 1.58. The number of carbonyl (C=O) groups excluding carboxylic acids is 1. The average molecular weight is 320 g/mol. The Balaban J connectivity index is 2.83. The molecule has 5 nitrogen and oxygen atoms in total. The Morgan fingerprint density at radius 1 is 1.56 bits per heavy atom. The zero-order valence-electron chi connectivity index (χ0n) is 9.44. The number of carboxylic acid groups (broad SMARTS) is 1. The smallest absolute Gasteiger partial charge is 0.328 e. The van der Waals surface area contributed by atoms with Crippen LogP contribution >= 0.6 is 15.9 Å². The van der Waals surface area contributed by atoms with Crippen LogP contribution in [0.5, 0.6) is 0 Å². The maximum atomic E-state index is 13.5. The number of carbonyl (C=O) groups is 2. The highest BCUT2D eigenvalue weighted by molar-refractivity contribution is 9.10. The van der Waals surface area contributed by atoms with E-state index in [1.54, 1.807) is 0 Å². The van der Waals surface area contributed by atoms with Crippen molar-refractivity contribution in [2.75, 3.05) is 13.7 Å². The lowest BCUT2D eigenvalue weighted by atomic mass is 10.2. The molecule has 0 aromatic heterocycles. The van der Waals surface area contributed by atoms with Gasteiger partial charge in [-0.1, -0.05) is 15.9 Å². The highest BCUT2D eigenvalue weighted by Crippen LogP contribution is 2.15. The fraction of sp³-hybridized carbons (Fsp3) is 0.273. The summed E-state index contributed by atoms with van der Waals surface area (Å²) in [5.41, 5.74) is -0.222. The van der Waals surface area contributed by atoms with Crippen molar-refractivity contribution in [2.45, 2.75) is 6.04 Å². The second-order valence-electron chi connectivity index (χ2n) is 3.44. The van der Waals surface area contributed by atoms with Crippen molar-refractivity contribution in [3.8, 4) is 0 Å². The normalized spacial score (nSPS) is 11.9. The number of rotatable bonds is 5. The Morgan fingerprint density at radius 2 is 2.22 bits per heavy atom. The van der Waals surface area contributed by atoms with Crippen LogP contribution in [0, 0.1) is 5.82 Å². The molecule has 1 unspecified atom stereocenters. The summed E-state index contributed by atoms with van der Waals surface area (Å²) in [6.45, 7) is -0.195. The summed E-state index contributed by atoms with van der Waals surface area (Å²) < 4.78 is 18.6. The van der Waals surface area contributed by atoms with Crippen LogP contribution in [0.25, 0.3) is 0 Å². The zero-order chi connectivity index (χ0) is 13.7. The van der Waals surface area contributed by atoms with Crippen molar-refractivity contribution in [3.05, 3.63) is 34.1 Å². The fourth-order valence-electron chi connectivity index (χ4n) is 1.25. The molecular formula is C11H11BrFNO4. The Morgan fingerprint density at radius 3 is 2.72 bits per heavy atom. The molecule has 0 bridgehead atoms. The molecule has 1 rings (SSSR count). The maximum Gasteiger partial charge on any atom is 0.328 e. The van der Waals surface area contributed by atoms with Gasteiger partial charge in [-0.25, -0.2) is 9.18 Å². The minimum absolute atomic E-state index is 0.195. The van der Waals surface area contributed by atoms with Crippen LogP contribution in [0.3, 0.4) is 0 Å². The summed E-state index contributed by atoms with van der Waals surface area (Å²) in [4.78, 5) is 22.5. The van der Waals surface area contributed by atoms with Crippen molar-refractivity contribution < 1.29 is 23.8 Å². The van der Waals surface area contributed by atoms with Crippen LogP contribution in [0.1, 0.15) is 10.4 Å². The number of carboxylic acids is 1. The van der Waals surface area contributed by atoms with E-state index in [2.05, 4.69) is 26.0 Å². The molecule has 0 fully saturated rings. The second-order valence-corrected chi connectivity index (χ2v) is 4.36. The van der Waals surface area contributed by atoms with Gasteiger partial charge >= 0.3 is 5.97 Å². The standard InChI is InChI=1S/C11H11BrFNO4/c1-18-5-9(11(16)17)14-10(15)7-3-2-6(12)4-8(7)13/h2-4,9H,5H2,1H3,(H,14,15)(H,16,17). The molecule has 1 atom stereocenters. The number of halogens is 2. The van der Waals surface area contributed by atoms with Crippen LogP contribution in [0.4, 0.5) is 4.39 Å². The predicted molar refractivity (Wildman–Crippen MR) is 64.9 cm³/mol. The third-order valence-corrected chi connectivity index (χ3v) is 2.61. The van der Waals surface area contributed by atoms with E-state index >= 15 is 0 Å². The van der Waals surface area contributed by atoms with Crippen LogP contribution < -0.4 is 5.32 Å². The topological polar surface area (TPSA) is 75.6 Å². The van der Waals surface area contributed by atoms with E-state index in [4.69, 9.17) is 5.11 Å². The molecule has 7 heteroatoms. The van der Waals surface area contributed by atoms with Gasteiger partial charge in [0, 0.05) is 11.6 Å². The highest BCUT2D eigenvalue weighted by Gasteiger charge is 2.22. The van der Waals surface area contributed by atoms with E-state index in [1.165, 1.54) is 19.2 Å². The minimum atomic E-state index is -1.25. The molecule has 0 heterocycles. The number of amides is 1. The molecular weight excluding hydrogens is 309 g/mol. The van der Waals surface area contributed by atoms with Gasteiger partial charge in [-0.15, -0.1) is 0 Å². The van der Waals surface area contributed by atoms with Crippen molar-refractivity contribution >= 4 is 27.8 Å². The molecule has 1 aromatic carbocycles. The Hall–Kier alpha value is -1.47. The zero-order valence-corrected chi connectivity index (χ0v) is 11.0. The van der Waals surface area contributed by atoms with Crippen LogP contribution in [-0.4, -0.2) is 36.7 Å². The Bertz CT molecular complexity index is 466. The van der Waals surface area contributed by atoms with E-state index in [9.17, 15) is 14.0 Å². The van der Waals surface area contributed by atoms with Crippen molar-refractivity contribution in [1.82, 2.24) is 5.32 Å². The average Bonchev–Trinajstić information content (AvgIpc) is 2.27. The molecule has 0 saturated heterocycles. The first-order chi connectivity index (χ1) is 8.45. The minimum Gasteiger partial charge on any atom is -0.480 e. The van der Waals surface area contributed by atoms with Gasteiger partial charge in [0.1, 0.15) is 5.82 Å². The third kappa shape index (κ3) is 3.78. The van der Waals surface area contributed by atoms with Crippen LogP contribution in [0.2, 0.25) is 0 Å². The number of benzene rings is 1. The molecule has 98 valence electrons. The monoisotopic (exact) mass is 319 g/mol. The first-order valence-electron chi connectivity index (χ1n) is 4.93. The summed E-state index contributed by atoms with van der Waals surface area (Å²) in [5.74, 6) is -2.78. The molecule has 1 aromatic rings. The lowest BCUT2D eigenvalue weighted by Crippen LogP contribution is -2.44. The van der Waals surface area contributed by atoms with Gasteiger partial charge in [0.25, 0.3) is 5.91 Å². The maximum absolute atomic E-state index is 13.5. The van der Waals surface area contributed by atoms with E-state index in [1.807, 2.05) is 0 Å². The molecule has 0 spiro atoms. The quantitative estimate of drug-likeness (QED) is 0.860. The molecule has 0 saturated carbocycles. The molecule has 1 amide bonds. The molecule has 0 aliphatic rings. The predicted octanol–water partition coefficient (Wildman–Crippen LogP) is 1.42. The van der Waals surface area contributed by atoms with Gasteiger partial charge in [0.15, 0.2) is 6.04 Å². The molecule has 2 N–H and O–H groups in total. The SMILES string of the molecule is COCC(NC(=O)c1ccc(Br)cc1F)C(=O)O. The molecule has 0 aliphatic carbocycles. The summed E-state index contributed by atoms with van der Waals surface area (Å²) >= 11 is 3.06. The lowest BCUT2D eigenvalue weighted by Gasteiger charge is -2.13. The summed E-state index contributed by atoms with van der Waals surface area (Å²) in [6.07, 6.45) is 0. The van der Waals surface area contributed by atoms with Gasteiger partial charge in [-0.3, -0.25) is 4.79 Å². The van der Waals surface area contributed by atoms with Crippen LogP contribution in [0.15, 0.2) is 22.7 Å². The number of aliphatic carboxylic acids is 1. The second kappa shape index (κ2) is 6.46. The first-order valence-corrected chi connectivity index (χ1v) is 5.72. The number of hydrogen-bond donors (Lipinski definition) is 2. The molecule has 18 heavy (non-hydrogen) atoms. The van der Waals surface area contributed by atoms with Crippen LogP contribution in [-0.2, 0) is 9.53 Å². The Labute approximate surface area is 111 Å². The summed E-state index contributed by atoms with van der Waals surface area (Å²) in [7, 11) is 1.31. The van der Waals surface area contributed by atoms with E-state index in [-0.39, 0.29) is 12.2 Å². The largest absolute Gasteiger partial charge is 0.480 e. The van der Waals surface area contributed by atoms with Gasteiger partial charge in [-0.05, 0) is 18.2 Å². The molecule has 0 aliphatic heterocycles. The molecule has 0 radical (unpaired) electrons. The number of nitrogens with one attached hydrogen (secondary N) is 1. The summed E-state index contributed by atoms with van der Waals surface area (Å²) in [6, 6.07) is 2.66. The summed E-state index contributed by atoms with van der Waals surface area (Å²) in [5, 5.41) is 11.0. The van der Waals surface area contributed by atoms with Crippen molar-refractivity contribution in [3.63, 3.8) is 0 Å². The third-order valence-electron chi connectivity index (χ3n) is 2.11. The van der Waals surface area contributed by atoms with Gasteiger partial charge in [0.2, 0.25) is 0 Å².